The summed E-state index contributed by atoms with van der Waals surface area (Å²) in [5, 5.41) is 2.90. The monoisotopic (exact) mass is 639 g/mol. The smallest absolute Gasteiger partial charge is 0.153 e. The normalized spacial score (nSPS) is 10.0. The number of halogens is 4. The molecule has 0 bridgehead atoms. The highest BCUT2D eigenvalue weighted by molar-refractivity contribution is 14.1. The van der Waals surface area contributed by atoms with Gasteiger partial charge in [0.15, 0.2) is 6.29 Å². The molecule has 1 aromatic carbocycles. The van der Waals surface area contributed by atoms with E-state index in [1.165, 1.54) is 0 Å². The van der Waals surface area contributed by atoms with Gasteiger partial charge >= 0.3 is 0 Å². The van der Waals surface area contributed by atoms with Gasteiger partial charge in [0.1, 0.15) is 5.69 Å². The van der Waals surface area contributed by atoms with Gasteiger partial charge in [0.25, 0.3) is 0 Å². The molecule has 0 saturated carbocycles. The molecule has 1 rings (SSSR count). The molecular weight excluding hydrogens is 638 g/mol. The van der Waals surface area contributed by atoms with Gasteiger partial charge in [-0.15, -0.1) is 4.91 Å². The molecule has 0 heterocycles. The average molecular weight is 639 g/mol. The molecule has 74 valence electrons. The number of rotatable bonds is 2. The van der Waals surface area contributed by atoms with Gasteiger partial charge in [-0.1, -0.05) is 0 Å². The van der Waals surface area contributed by atoms with Crippen LogP contribution in [0.5, 0.6) is 0 Å². The maximum absolute atomic E-state index is 10.8. The topological polar surface area (TPSA) is 46.5 Å². The zero-order valence-corrected chi connectivity index (χ0v) is 15.0. The Balaban J connectivity index is 3.73. The van der Waals surface area contributed by atoms with Gasteiger partial charge in [0.2, 0.25) is 0 Å². The predicted molar refractivity (Wildman–Crippen MR) is 88.2 cm³/mol. The minimum absolute atomic E-state index is 0.245. The van der Waals surface area contributed by atoms with Crippen molar-refractivity contribution in [2.75, 3.05) is 0 Å². The van der Waals surface area contributed by atoms with E-state index in [2.05, 4.69) is 72.9 Å². The molecule has 0 unspecified atom stereocenters. The van der Waals surface area contributed by atoms with Crippen molar-refractivity contribution < 1.29 is 4.79 Å². The lowest BCUT2D eigenvalue weighted by molar-refractivity contribution is 0.112. The second-order valence-electron chi connectivity index (χ2n) is 2.23. The van der Waals surface area contributed by atoms with Crippen LogP contribution in [0.15, 0.2) is 5.18 Å². The molecule has 0 aliphatic carbocycles. The molecule has 0 atom stereocenters. The fourth-order valence-electron chi connectivity index (χ4n) is 0.834. The van der Waals surface area contributed by atoms with Crippen molar-refractivity contribution in [3.63, 3.8) is 0 Å². The van der Waals surface area contributed by atoms with Crippen LogP contribution in [-0.2, 0) is 0 Å². The molecule has 7 heteroatoms. The van der Waals surface area contributed by atoms with Gasteiger partial charge in [-0.2, -0.15) is 0 Å². The third-order valence-corrected chi connectivity index (χ3v) is 8.91. The Labute approximate surface area is 135 Å². The maximum atomic E-state index is 10.8. The Kier molecular flexibility index (Phi) is 5.44. The molecule has 0 amide bonds. The number of aldehydes is 1. The summed E-state index contributed by atoms with van der Waals surface area (Å²) >= 11 is 8.37. The van der Waals surface area contributed by atoms with E-state index in [4.69, 9.17) is 0 Å². The Morgan fingerprint density at radius 2 is 1.43 bits per heavy atom. The largest absolute Gasteiger partial charge is 0.298 e. The second kappa shape index (κ2) is 5.65. The van der Waals surface area contributed by atoms with Crippen LogP contribution in [0.1, 0.15) is 10.4 Å². The molecule has 0 aliphatic heterocycles. The number of hydrogen-bond acceptors (Lipinski definition) is 3. The molecule has 0 spiro atoms. The Bertz CT molecular complexity index is 380. The number of nitrogens with zero attached hydrogens (tertiary/aromatic N) is 1. The Morgan fingerprint density at radius 1 is 0.929 bits per heavy atom. The highest BCUT2D eigenvalue weighted by Crippen LogP contribution is 2.36. The minimum atomic E-state index is 0.245. The fourth-order valence-corrected chi connectivity index (χ4v) is 4.26. The van der Waals surface area contributed by atoms with Crippen LogP contribution in [0.25, 0.3) is 0 Å². The maximum Gasteiger partial charge on any atom is 0.153 e. The van der Waals surface area contributed by atoms with Crippen LogP contribution >= 0.6 is 90.4 Å². The molecule has 3 nitrogen and oxygen atoms in total. The van der Waals surface area contributed by atoms with Crippen LogP contribution in [0.2, 0.25) is 0 Å². The summed E-state index contributed by atoms with van der Waals surface area (Å²) in [6.45, 7) is 0. The zero-order chi connectivity index (χ0) is 10.9. The van der Waals surface area contributed by atoms with Crippen molar-refractivity contribution in [2.24, 2.45) is 5.18 Å². The third-order valence-electron chi connectivity index (χ3n) is 1.49. The first-order chi connectivity index (χ1) is 6.54. The summed E-state index contributed by atoms with van der Waals surface area (Å²) in [4.78, 5) is 21.4. The van der Waals surface area contributed by atoms with Gasteiger partial charge in [-0.05, 0) is 95.5 Å². The summed E-state index contributed by atoms with van der Waals surface area (Å²) in [6, 6.07) is 0. The van der Waals surface area contributed by atoms with Crippen LogP contribution < -0.4 is 0 Å². The van der Waals surface area contributed by atoms with E-state index in [9.17, 15) is 9.70 Å². The average Bonchev–Trinajstić information content (AvgIpc) is 2.20. The van der Waals surface area contributed by atoms with Crippen LogP contribution in [0.4, 0.5) is 5.69 Å². The summed E-state index contributed by atoms with van der Waals surface area (Å²) in [6.07, 6.45) is 0.679. The van der Waals surface area contributed by atoms with E-state index >= 15 is 0 Å². The summed E-state index contributed by atoms with van der Waals surface area (Å²) < 4.78 is 3.49. The SMILES string of the molecule is O=Cc1c(I)c(I)c(I)c(I)c1N=O. The van der Waals surface area contributed by atoms with E-state index in [-0.39, 0.29) is 5.69 Å². The molecule has 1 aromatic rings. The van der Waals surface area contributed by atoms with Crippen molar-refractivity contribution in [2.45, 2.75) is 0 Å². The van der Waals surface area contributed by atoms with Crippen molar-refractivity contribution in [3.8, 4) is 0 Å². The van der Waals surface area contributed by atoms with Crippen LogP contribution in [-0.4, -0.2) is 6.29 Å². The summed E-state index contributed by atoms with van der Waals surface area (Å²) in [5.41, 5.74) is 0.629. The molecule has 0 fully saturated rings. The Morgan fingerprint density at radius 3 is 1.86 bits per heavy atom. The lowest BCUT2D eigenvalue weighted by atomic mass is 10.2. The van der Waals surface area contributed by atoms with Crippen LogP contribution in [0, 0.1) is 19.2 Å². The summed E-state index contributed by atoms with van der Waals surface area (Å²) in [7, 11) is 0. The van der Waals surface area contributed by atoms with Gasteiger partial charge < -0.3 is 0 Å². The molecule has 0 saturated heterocycles. The first kappa shape index (κ1) is 13.5. The van der Waals surface area contributed by atoms with Gasteiger partial charge in [0.05, 0.1) is 9.13 Å². The quantitative estimate of drug-likeness (QED) is 0.159. The van der Waals surface area contributed by atoms with Gasteiger partial charge in [0, 0.05) is 10.7 Å². The van der Waals surface area contributed by atoms with Gasteiger partial charge in [-0.25, -0.2) is 0 Å². The highest BCUT2D eigenvalue weighted by atomic mass is 127. The fraction of sp³-hybridized carbons (Fsp3) is 0. The van der Waals surface area contributed by atoms with E-state index in [0.29, 0.717) is 11.8 Å². The first-order valence-electron chi connectivity index (χ1n) is 3.19. The van der Waals surface area contributed by atoms with E-state index in [0.717, 1.165) is 14.3 Å². The van der Waals surface area contributed by atoms with Crippen molar-refractivity contribution >= 4 is 102 Å². The minimum Gasteiger partial charge on any atom is -0.298 e. The number of benzene rings is 1. The molecule has 0 radical (unpaired) electrons. The zero-order valence-electron chi connectivity index (χ0n) is 6.35. The standard InChI is InChI=1S/C7HI4NO2/c8-3-2(1-13)7(12-14)6(11)5(10)4(3)9/h1H. The third kappa shape index (κ3) is 2.39. The molecule has 0 aliphatic rings. The number of hydrogen-bond donors (Lipinski definition) is 0. The lowest BCUT2D eigenvalue weighted by Crippen LogP contribution is -1.98. The number of carbonyl (C=O) groups is 1. The van der Waals surface area contributed by atoms with Crippen molar-refractivity contribution in [1.82, 2.24) is 0 Å². The number of carbonyl (C=O) groups excluding carboxylic acids is 1. The van der Waals surface area contributed by atoms with Crippen molar-refractivity contribution in [3.05, 3.63) is 24.8 Å². The van der Waals surface area contributed by atoms with Crippen molar-refractivity contribution in [1.29, 1.82) is 0 Å². The molecule has 0 N–H and O–H groups in total. The lowest BCUT2D eigenvalue weighted by Gasteiger charge is -2.08. The van der Waals surface area contributed by atoms with E-state index < -0.39 is 0 Å². The predicted octanol–water partition coefficient (Wildman–Crippen LogP) is 4.32. The van der Waals surface area contributed by atoms with E-state index in [1.807, 2.05) is 22.6 Å². The molecule has 14 heavy (non-hydrogen) atoms. The first-order valence-corrected chi connectivity index (χ1v) is 7.50. The van der Waals surface area contributed by atoms with Crippen LogP contribution in [0.3, 0.4) is 0 Å². The molecule has 0 aromatic heterocycles. The number of nitroso groups, excluding NO2 is 1. The highest BCUT2D eigenvalue weighted by Gasteiger charge is 2.18. The molecular formula is C7HI4NO2. The summed E-state index contributed by atoms with van der Waals surface area (Å²) in [5.74, 6) is 0. The second-order valence-corrected chi connectivity index (χ2v) is 6.54. The Hall–Kier alpha value is 1.41. The van der Waals surface area contributed by atoms with Gasteiger partial charge in [-0.3, -0.25) is 4.79 Å². The van der Waals surface area contributed by atoms with E-state index in [1.54, 1.807) is 0 Å².